The zero-order valence-corrected chi connectivity index (χ0v) is 23.1. The molecule has 1 aliphatic rings. The lowest BCUT2D eigenvalue weighted by atomic mass is 10.0. The molecule has 0 saturated carbocycles. The summed E-state index contributed by atoms with van der Waals surface area (Å²) in [6.45, 7) is 14.3. The molecule has 0 unspecified atom stereocenters. The summed E-state index contributed by atoms with van der Waals surface area (Å²) in [4.78, 5) is 31.7. The van der Waals surface area contributed by atoms with Crippen molar-refractivity contribution in [3.8, 4) is 5.75 Å². The molecule has 1 aromatic rings. The molecule has 8 heteroatoms. The number of nitrogens with zero attached hydrogens (tertiary/aromatic N) is 2. The van der Waals surface area contributed by atoms with E-state index in [0.29, 0.717) is 43.8 Å². The van der Waals surface area contributed by atoms with Gasteiger partial charge in [-0.05, 0) is 70.7 Å². The van der Waals surface area contributed by atoms with Gasteiger partial charge in [-0.2, -0.15) is 0 Å². The summed E-state index contributed by atoms with van der Waals surface area (Å²) in [5.41, 5.74) is 9.18. The number of rotatable bonds is 9. The van der Waals surface area contributed by atoms with Crippen LogP contribution in [0.4, 0.5) is 4.79 Å². The Hall–Kier alpha value is -3.55. The van der Waals surface area contributed by atoms with Crippen molar-refractivity contribution in [3.05, 3.63) is 59.8 Å². The zero-order chi connectivity index (χ0) is 27.6. The molecule has 0 radical (unpaired) electrons. The summed E-state index contributed by atoms with van der Waals surface area (Å²) in [6.07, 6.45) is 7.51. The van der Waals surface area contributed by atoms with Gasteiger partial charge in [-0.15, -0.1) is 0 Å². The van der Waals surface area contributed by atoms with Gasteiger partial charge in [0.15, 0.2) is 0 Å². The van der Waals surface area contributed by atoms with Crippen LogP contribution in [-0.4, -0.2) is 54.5 Å². The van der Waals surface area contributed by atoms with Gasteiger partial charge in [-0.1, -0.05) is 38.1 Å². The molecule has 0 bridgehead atoms. The van der Waals surface area contributed by atoms with Gasteiger partial charge in [0, 0.05) is 30.4 Å². The number of carbonyl (C=O) groups is 2. The molecule has 1 heterocycles. The maximum absolute atomic E-state index is 13.1. The molecule has 1 saturated heterocycles. The Morgan fingerprint density at radius 2 is 1.95 bits per heavy atom. The third-order valence-corrected chi connectivity index (χ3v) is 5.82. The molecule has 37 heavy (non-hydrogen) atoms. The average molecular weight is 511 g/mol. The largest absolute Gasteiger partial charge is 0.496 e. The standard InChI is InChI=1S/C29H42N4O4/c1-8-10-23(31-25(11-9-2)21-13-12-20(3)26(18-21)36-7)19-24(30)27(34)33-16-14-22(15-17-33)32-28(35)37-29(4,5)6/h9,11-13,18-19,22H,2,8,10,14-17,30H2,1,3-7H3,(H,32,35)/b24-19-,25-11-,31-23-. The first-order chi connectivity index (χ1) is 17.5. The number of ether oxygens (including phenoxy) is 2. The summed E-state index contributed by atoms with van der Waals surface area (Å²) in [5, 5.41) is 2.89. The topological polar surface area (TPSA) is 106 Å². The van der Waals surface area contributed by atoms with E-state index in [1.165, 1.54) is 0 Å². The van der Waals surface area contributed by atoms with E-state index in [4.69, 9.17) is 20.2 Å². The molecule has 3 N–H and O–H groups in total. The molecule has 202 valence electrons. The van der Waals surface area contributed by atoms with Gasteiger partial charge in [0.2, 0.25) is 0 Å². The number of nitrogens with two attached hydrogens (primary N) is 1. The monoisotopic (exact) mass is 510 g/mol. The normalized spacial score (nSPS) is 15.8. The predicted molar refractivity (Wildman–Crippen MR) is 149 cm³/mol. The summed E-state index contributed by atoms with van der Waals surface area (Å²) in [5.74, 6) is 0.542. The van der Waals surface area contributed by atoms with Gasteiger partial charge in [-0.3, -0.25) is 9.79 Å². The summed E-state index contributed by atoms with van der Waals surface area (Å²) in [6, 6.07) is 5.86. The molecule has 2 rings (SSSR count). The van der Waals surface area contributed by atoms with Gasteiger partial charge in [0.05, 0.1) is 18.5 Å². The Balaban J connectivity index is 2.14. The number of alkyl carbamates (subject to hydrolysis) is 1. The van der Waals surface area contributed by atoms with E-state index >= 15 is 0 Å². The van der Waals surface area contributed by atoms with Crippen LogP contribution in [0.2, 0.25) is 0 Å². The number of aliphatic imine (C=N–C) groups is 1. The maximum atomic E-state index is 13.1. The van der Waals surface area contributed by atoms with Crippen molar-refractivity contribution in [1.29, 1.82) is 0 Å². The van der Waals surface area contributed by atoms with E-state index < -0.39 is 11.7 Å². The lowest BCUT2D eigenvalue weighted by molar-refractivity contribution is -0.128. The highest BCUT2D eigenvalue weighted by Crippen LogP contribution is 2.25. The van der Waals surface area contributed by atoms with E-state index in [0.717, 1.165) is 23.3 Å². The Morgan fingerprint density at radius 1 is 1.27 bits per heavy atom. The quantitative estimate of drug-likeness (QED) is 0.272. The highest BCUT2D eigenvalue weighted by molar-refractivity contribution is 6.05. The number of likely N-dealkylation sites (tertiary alicyclic amines) is 1. The molecule has 1 fully saturated rings. The minimum Gasteiger partial charge on any atom is -0.496 e. The molecular formula is C29H42N4O4. The number of carbonyl (C=O) groups excluding carboxylic acids is 2. The van der Waals surface area contributed by atoms with Crippen molar-refractivity contribution >= 4 is 23.4 Å². The molecule has 0 aliphatic carbocycles. The minimum atomic E-state index is -0.552. The Morgan fingerprint density at radius 3 is 2.51 bits per heavy atom. The van der Waals surface area contributed by atoms with Crippen LogP contribution in [-0.2, 0) is 9.53 Å². The molecule has 1 aromatic carbocycles. The zero-order valence-electron chi connectivity index (χ0n) is 23.1. The van der Waals surface area contributed by atoms with Crippen molar-refractivity contribution in [2.75, 3.05) is 20.2 Å². The van der Waals surface area contributed by atoms with Gasteiger partial charge in [-0.25, -0.2) is 4.79 Å². The fraction of sp³-hybridized carbons (Fsp3) is 0.483. The number of hydrogen-bond acceptors (Lipinski definition) is 6. The molecule has 0 atom stereocenters. The van der Waals surface area contributed by atoms with Crippen LogP contribution in [0, 0.1) is 6.92 Å². The summed E-state index contributed by atoms with van der Waals surface area (Å²) < 4.78 is 10.8. The van der Waals surface area contributed by atoms with Crippen LogP contribution in [0.5, 0.6) is 5.75 Å². The van der Waals surface area contributed by atoms with Crippen molar-refractivity contribution in [2.24, 2.45) is 10.7 Å². The number of amides is 2. The summed E-state index contributed by atoms with van der Waals surface area (Å²) in [7, 11) is 1.64. The van der Waals surface area contributed by atoms with Crippen molar-refractivity contribution in [2.45, 2.75) is 71.9 Å². The maximum Gasteiger partial charge on any atom is 0.407 e. The summed E-state index contributed by atoms with van der Waals surface area (Å²) >= 11 is 0. The third kappa shape index (κ3) is 9.44. The molecule has 0 spiro atoms. The van der Waals surface area contributed by atoms with Gasteiger partial charge in [0.1, 0.15) is 11.4 Å². The number of benzene rings is 1. The Labute approximate surface area is 221 Å². The fourth-order valence-corrected chi connectivity index (χ4v) is 3.99. The van der Waals surface area contributed by atoms with E-state index in [9.17, 15) is 9.59 Å². The van der Waals surface area contributed by atoms with Crippen molar-refractivity contribution in [1.82, 2.24) is 10.2 Å². The number of aryl methyl sites for hydroxylation is 1. The first-order valence-corrected chi connectivity index (χ1v) is 12.8. The Kier molecular flexibility index (Phi) is 11.0. The number of allylic oxidation sites excluding steroid dienone is 3. The van der Waals surface area contributed by atoms with Crippen LogP contribution in [0.3, 0.4) is 0 Å². The van der Waals surface area contributed by atoms with E-state index in [1.54, 1.807) is 24.2 Å². The van der Waals surface area contributed by atoms with Crippen molar-refractivity contribution in [3.63, 3.8) is 0 Å². The molecular weight excluding hydrogens is 468 g/mol. The lowest BCUT2D eigenvalue weighted by Crippen LogP contribution is -2.48. The second kappa shape index (κ2) is 13.7. The first kappa shape index (κ1) is 29.7. The third-order valence-electron chi connectivity index (χ3n) is 5.82. The van der Waals surface area contributed by atoms with Gasteiger partial charge in [0.25, 0.3) is 5.91 Å². The molecule has 0 aromatic heterocycles. The highest BCUT2D eigenvalue weighted by atomic mass is 16.6. The lowest BCUT2D eigenvalue weighted by Gasteiger charge is -2.33. The first-order valence-electron chi connectivity index (χ1n) is 12.8. The van der Waals surface area contributed by atoms with Crippen LogP contribution in [0.15, 0.2) is 53.7 Å². The minimum absolute atomic E-state index is 0.0422. The smallest absolute Gasteiger partial charge is 0.407 e. The molecule has 2 amide bonds. The van der Waals surface area contributed by atoms with Gasteiger partial charge >= 0.3 is 6.09 Å². The number of nitrogens with one attached hydrogen (secondary N) is 1. The second-order valence-electron chi connectivity index (χ2n) is 10.1. The van der Waals surface area contributed by atoms with Gasteiger partial charge < -0.3 is 25.4 Å². The highest BCUT2D eigenvalue weighted by Gasteiger charge is 2.26. The SMILES string of the molecule is C=C\C=C(/N=C(\C=C(/N)C(=O)N1CCC(NC(=O)OC(C)(C)C)CC1)CCC)c1ccc(C)c(OC)c1. The Bertz CT molecular complexity index is 1060. The number of methoxy groups -OCH3 is 1. The van der Waals surface area contributed by atoms with Crippen LogP contribution < -0.4 is 15.8 Å². The fourth-order valence-electron chi connectivity index (χ4n) is 3.99. The van der Waals surface area contributed by atoms with E-state index in [-0.39, 0.29) is 17.6 Å². The average Bonchev–Trinajstić information content (AvgIpc) is 2.83. The molecule has 8 nitrogen and oxygen atoms in total. The van der Waals surface area contributed by atoms with Crippen LogP contribution in [0.1, 0.15) is 64.5 Å². The number of piperidine rings is 1. The van der Waals surface area contributed by atoms with E-state index in [1.807, 2.05) is 52.0 Å². The second-order valence-corrected chi connectivity index (χ2v) is 10.1. The van der Waals surface area contributed by atoms with E-state index in [2.05, 4.69) is 18.8 Å². The van der Waals surface area contributed by atoms with Crippen molar-refractivity contribution < 1.29 is 19.1 Å². The van der Waals surface area contributed by atoms with Crippen LogP contribution >= 0.6 is 0 Å². The van der Waals surface area contributed by atoms with Crippen LogP contribution in [0.25, 0.3) is 5.70 Å². The molecule has 1 aliphatic heterocycles. The predicted octanol–water partition coefficient (Wildman–Crippen LogP) is 5.13. The number of hydrogen-bond donors (Lipinski definition) is 2.